The minimum Gasteiger partial charge on any atom is -0.480 e. The third-order valence-electron chi connectivity index (χ3n) is 6.43. The van der Waals surface area contributed by atoms with Gasteiger partial charge in [-0.1, -0.05) is 68.3 Å². The number of carbonyl (C=O) groups is 3. The van der Waals surface area contributed by atoms with Gasteiger partial charge in [-0.05, 0) is 35.6 Å². The molecule has 0 bridgehead atoms. The molecular formula is C27H34N2O6. The zero-order chi connectivity index (χ0) is 25.4. The molecule has 188 valence electrons. The van der Waals surface area contributed by atoms with Gasteiger partial charge in [0, 0.05) is 25.5 Å². The van der Waals surface area contributed by atoms with Gasteiger partial charge < -0.3 is 25.2 Å². The van der Waals surface area contributed by atoms with Gasteiger partial charge in [0.05, 0.1) is 6.10 Å². The molecule has 8 nitrogen and oxygen atoms in total. The normalized spacial score (nSPS) is 14.8. The van der Waals surface area contributed by atoms with Gasteiger partial charge in [-0.15, -0.1) is 0 Å². The molecule has 3 atom stereocenters. The van der Waals surface area contributed by atoms with Gasteiger partial charge in [-0.25, -0.2) is 9.59 Å². The summed E-state index contributed by atoms with van der Waals surface area (Å²) in [6, 6.07) is 14.6. The number of carbonyl (C=O) groups excluding carboxylic acids is 2. The van der Waals surface area contributed by atoms with E-state index < -0.39 is 36.2 Å². The fraction of sp³-hybridized carbons (Fsp3) is 0.444. The molecule has 3 rings (SSSR count). The Bertz CT molecular complexity index is 994. The smallest absolute Gasteiger partial charge is 0.407 e. The second-order valence-electron chi connectivity index (χ2n) is 8.84. The highest BCUT2D eigenvalue weighted by Crippen LogP contribution is 2.44. The molecule has 2 amide bonds. The van der Waals surface area contributed by atoms with Crippen molar-refractivity contribution in [3.8, 4) is 11.1 Å². The van der Waals surface area contributed by atoms with Crippen molar-refractivity contribution < 1.29 is 29.0 Å². The van der Waals surface area contributed by atoms with E-state index in [1.54, 1.807) is 6.92 Å². The zero-order valence-corrected chi connectivity index (χ0v) is 20.5. The minimum atomic E-state index is -1.18. The summed E-state index contributed by atoms with van der Waals surface area (Å²) in [5, 5.41) is 14.7. The molecule has 1 aliphatic rings. The highest BCUT2D eigenvalue weighted by molar-refractivity contribution is 5.84. The van der Waals surface area contributed by atoms with Crippen LogP contribution in [0, 0.1) is 0 Å². The fourth-order valence-electron chi connectivity index (χ4n) is 4.45. The van der Waals surface area contributed by atoms with Crippen LogP contribution < -0.4 is 10.6 Å². The number of carboxylic acids is 1. The summed E-state index contributed by atoms with van der Waals surface area (Å²) in [5.74, 6) is -1.71. The lowest BCUT2D eigenvalue weighted by Crippen LogP contribution is -2.50. The van der Waals surface area contributed by atoms with E-state index in [0.29, 0.717) is 6.42 Å². The van der Waals surface area contributed by atoms with Crippen LogP contribution in [0.5, 0.6) is 0 Å². The number of ether oxygens (including phenoxy) is 2. The quantitative estimate of drug-likeness (QED) is 0.420. The number of amides is 2. The van der Waals surface area contributed by atoms with Gasteiger partial charge >= 0.3 is 12.1 Å². The van der Waals surface area contributed by atoms with E-state index in [1.165, 1.54) is 7.11 Å². The first-order valence-corrected chi connectivity index (χ1v) is 12.0. The number of nitrogens with one attached hydrogen (secondary N) is 2. The molecule has 1 unspecified atom stereocenters. The van der Waals surface area contributed by atoms with Crippen LogP contribution in [0.15, 0.2) is 48.5 Å². The van der Waals surface area contributed by atoms with Crippen molar-refractivity contribution in [1.29, 1.82) is 0 Å². The van der Waals surface area contributed by atoms with Crippen LogP contribution in [0.25, 0.3) is 11.1 Å². The summed E-state index contributed by atoms with van der Waals surface area (Å²) in [4.78, 5) is 36.7. The van der Waals surface area contributed by atoms with Gasteiger partial charge in [0.25, 0.3) is 0 Å². The maximum Gasteiger partial charge on any atom is 0.407 e. The molecule has 3 N–H and O–H groups in total. The molecule has 0 aliphatic heterocycles. The van der Waals surface area contributed by atoms with E-state index in [4.69, 9.17) is 9.47 Å². The number of hydrogen-bond acceptors (Lipinski definition) is 5. The van der Waals surface area contributed by atoms with E-state index in [9.17, 15) is 19.5 Å². The Balaban J connectivity index is 1.61. The first-order valence-electron chi connectivity index (χ1n) is 12.0. The molecule has 8 heteroatoms. The lowest BCUT2D eigenvalue weighted by molar-refractivity contribution is -0.145. The van der Waals surface area contributed by atoms with E-state index >= 15 is 0 Å². The number of fused-ring (bicyclic) bond motifs is 3. The number of unbranched alkanes of at least 4 members (excludes halogenated alkanes) is 1. The SMILES string of the molecule is CCCCC(CC(=O)N[C@H](C(=O)O)[C@@H](C)OC)NC(=O)OCC1c2ccccc2-c2ccccc21. The Labute approximate surface area is 206 Å². The molecule has 0 saturated heterocycles. The van der Waals surface area contributed by atoms with Crippen LogP contribution in [0.3, 0.4) is 0 Å². The second-order valence-corrected chi connectivity index (χ2v) is 8.84. The summed E-state index contributed by atoms with van der Waals surface area (Å²) in [5.41, 5.74) is 4.53. The number of aliphatic carboxylic acids is 1. The van der Waals surface area contributed by atoms with Gasteiger partial charge in [0.1, 0.15) is 6.61 Å². The first kappa shape index (κ1) is 26.2. The van der Waals surface area contributed by atoms with Crippen LogP contribution >= 0.6 is 0 Å². The van der Waals surface area contributed by atoms with Crippen molar-refractivity contribution in [2.45, 2.75) is 63.6 Å². The van der Waals surface area contributed by atoms with Gasteiger partial charge in [-0.2, -0.15) is 0 Å². The Hall–Kier alpha value is -3.39. The lowest BCUT2D eigenvalue weighted by Gasteiger charge is -2.23. The molecule has 0 spiro atoms. The number of methoxy groups -OCH3 is 1. The number of alkyl carbamates (subject to hydrolysis) is 1. The summed E-state index contributed by atoms with van der Waals surface area (Å²) in [6.07, 6.45) is 0.929. The molecule has 0 heterocycles. The topological polar surface area (TPSA) is 114 Å². The zero-order valence-electron chi connectivity index (χ0n) is 20.5. The van der Waals surface area contributed by atoms with Crippen LogP contribution in [0.1, 0.15) is 56.6 Å². The summed E-state index contributed by atoms with van der Waals surface area (Å²) in [6.45, 7) is 3.77. The van der Waals surface area contributed by atoms with E-state index in [1.807, 2.05) is 31.2 Å². The van der Waals surface area contributed by atoms with Crippen LogP contribution in [0.2, 0.25) is 0 Å². The van der Waals surface area contributed by atoms with Gasteiger partial charge in [0.2, 0.25) is 5.91 Å². The minimum absolute atomic E-state index is 0.0512. The fourth-order valence-corrected chi connectivity index (χ4v) is 4.45. The Morgan fingerprint density at radius 1 is 1.00 bits per heavy atom. The molecule has 35 heavy (non-hydrogen) atoms. The third kappa shape index (κ3) is 6.60. The molecule has 2 aromatic rings. The molecule has 2 aromatic carbocycles. The molecule has 0 radical (unpaired) electrons. The first-order chi connectivity index (χ1) is 16.8. The Morgan fingerprint density at radius 2 is 1.60 bits per heavy atom. The molecule has 0 aromatic heterocycles. The van der Waals surface area contributed by atoms with Crippen molar-refractivity contribution in [2.24, 2.45) is 0 Å². The van der Waals surface area contributed by atoms with Gasteiger partial charge in [0.15, 0.2) is 6.04 Å². The molecular weight excluding hydrogens is 448 g/mol. The summed E-state index contributed by atoms with van der Waals surface area (Å²) >= 11 is 0. The van der Waals surface area contributed by atoms with Crippen molar-refractivity contribution >= 4 is 18.0 Å². The van der Waals surface area contributed by atoms with E-state index in [0.717, 1.165) is 35.1 Å². The standard InChI is InChI=1S/C27H34N2O6/c1-4-5-10-18(15-24(30)29-25(26(31)32)17(2)34-3)28-27(33)35-16-23-21-13-8-6-11-19(21)20-12-7-9-14-22(20)23/h6-9,11-14,17-18,23,25H,4-5,10,15-16H2,1-3H3,(H,28,33)(H,29,30)(H,31,32)/t17-,18?,25+/m1/s1. The highest BCUT2D eigenvalue weighted by atomic mass is 16.5. The molecule has 1 aliphatic carbocycles. The van der Waals surface area contributed by atoms with Crippen molar-refractivity contribution in [1.82, 2.24) is 10.6 Å². The number of rotatable bonds is 12. The average Bonchev–Trinajstić information content (AvgIpc) is 3.17. The Morgan fingerprint density at radius 3 is 2.14 bits per heavy atom. The van der Waals surface area contributed by atoms with E-state index in [2.05, 4.69) is 34.9 Å². The maximum atomic E-state index is 12.7. The Kier molecular flexibility index (Phi) is 9.25. The lowest BCUT2D eigenvalue weighted by atomic mass is 9.98. The predicted molar refractivity (Wildman–Crippen MR) is 132 cm³/mol. The predicted octanol–water partition coefficient (Wildman–Crippen LogP) is 4.08. The monoisotopic (exact) mass is 482 g/mol. The maximum absolute atomic E-state index is 12.7. The average molecular weight is 483 g/mol. The van der Waals surface area contributed by atoms with Crippen LogP contribution in [-0.4, -0.2) is 55.0 Å². The van der Waals surface area contributed by atoms with Crippen molar-refractivity contribution in [3.63, 3.8) is 0 Å². The largest absolute Gasteiger partial charge is 0.480 e. The molecule has 0 saturated carbocycles. The number of benzene rings is 2. The van der Waals surface area contributed by atoms with Gasteiger partial charge in [-0.3, -0.25) is 4.79 Å². The highest BCUT2D eigenvalue weighted by Gasteiger charge is 2.30. The molecule has 0 fully saturated rings. The van der Waals surface area contributed by atoms with Crippen molar-refractivity contribution in [2.75, 3.05) is 13.7 Å². The number of hydrogen-bond donors (Lipinski definition) is 3. The summed E-state index contributed by atoms with van der Waals surface area (Å²) in [7, 11) is 1.38. The van der Waals surface area contributed by atoms with Crippen molar-refractivity contribution in [3.05, 3.63) is 59.7 Å². The van der Waals surface area contributed by atoms with Crippen LogP contribution in [-0.2, 0) is 19.1 Å². The second kappa shape index (κ2) is 12.4. The van der Waals surface area contributed by atoms with E-state index in [-0.39, 0.29) is 18.9 Å². The number of carboxylic acid groups (broad SMARTS) is 1. The third-order valence-corrected chi connectivity index (χ3v) is 6.43. The summed E-state index contributed by atoms with van der Waals surface area (Å²) < 4.78 is 10.7. The van der Waals surface area contributed by atoms with Crippen LogP contribution in [0.4, 0.5) is 4.79 Å².